The number of non-ortho nitro benzene ring substituents is 1. The van der Waals surface area contributed by atoms with E-state index in [1.807, 2.05) is 41.0 Å². The average molecular weight is 655 g/mol. The lowest BCUT2D eigenvalue weighted by atomic mass is 10.0. The van der Waals surface area contributed by atoms with Gasteiger partial charge < -0.3 is 20.1 Å². The van der Waals surface area contributed by atoms with Gasteiger partial charge in [0.15, 0.2) is 5.11 Å². The summed E-state index contributed by atoms with van der Waals surface area (Å²) >= 11 is 12.0. The molecule has 0 bridgehead atoms. The molecule has 5 rings (SSSR count). The Morgan fingerprint density at radius 1 is 1.04 bits per heavy atom. The van der Waals surface area contributed by atoms with Gasteiger partial charge in [-0.1, -0.05) is 79.5 Å². The molecule has 11 heteroatoms. The van der Waals surface area contributed by atoms with E-state index in [4.69, 9.17) is 23.8 Å². The minimum Gasteiger partial charge on any atom is -0.351 e. The highest BCUT2D eigenvalue weighted by Gasteiger charge is 2.21. The van der Waals surface area contributed by atoms with Crippen LogP contribution >= 0.6 is 23.8 Å². The number of hydrogen-bond acceptors (Lipinski definition) is 5. The van der Waals surface area contributed by atoms with Gasteiger partial charge in [0.05, 0.1) is 17.7 Å². The van der Waals surface area contributed by atoms with E-state index in [1.165, 1.54) is 12.1 Å². The van der Waals surface area contributed by atoms with Crippen LogP contribution in [0.4, 0.5) is 11.4 Å². The van der Waals surface area contributed by atoms with Crippen LogP contribution in [0.2, 0.25) is 5.02 Å². The minimum atomic E-state index is -0.424. The molecule has 46 heavy (non-hydrogen) atoms. The van der Waals surface area contributed by atoms with E-state index >= 15 is 0 Å². The Morgan fingerprint density at radius 2 is 1.78 bits per heavy atom. The van der Waals surface area contributed by atoms with Gasteiger partial charge in [-0.3, -0.25) is 14.9 Å². The van der Waals surface area contributed by atoms with Crippen LogP contribution in [0.25, 0.3) is 10.8 Å². The Morgan fingerprint density at radius 3 is 2.52 bits per heavy atom. The fourth-order valence-electron chi connectivity index (χ4n) is 5.42. The van der Waals surface area contributed by atoms with E-state index in [9.17, 15) is 14.9 Å². The summed E-state index contributed by atoms with van der Waals surface area (Å²) in [6.45, 7) is 3.60. The molecule has 0 aliphatic heterocycles. The molecule has 1 atom stereocenters. The number of nitro benzene ring substituents is 1. The van der Waals surface area contributed by atoms with Crippen molar-refractivity contribution in [2.24, 2.45) is 0 Å². The number of carbonyl (C=O) groups excluding carboxylic acids is 1. The fraction of sp³-hybridized carbons (Fsp3) is 0.229. The summed E-state index contributed by atoms with van der Waals surface area (Å²) in [4.78, 5) is 30.4. The molecule has 236 valence electrons. The lowest BCUT2D eigenvalue weighted by Gasteiger charge is -2.31. The quantitative estimate of drug-likeness (QED) is 0.0776. The Balaban J connectivity index is 1.31. The highest BCUT2D eigenvalue weighted by molar-refractivity contribution is 7.80. The van der Waals surface area contributed by atoms with Crippen LogP contribution in [0, 0.1) is 10.1 Å². The smallest absolute Gasteiger partial charge is 0.269 e. The van der Waals surface area contributed by atoms with Crippen LogP contribution in [0.15, 0.2) is 104 Å². The number of halogens is 1. The van der Waals surface area contributed by atoms with Crippen molar-refractivity contribution in [2.45, 2.75) is 45.3 Å². The summed E-state index contributed by atoms with van der Waals surface area (Å²) in [6, 6.07) is 28.1. The molecule has 9 nitrogen and oxygen atoms in total. The first-order valence-corrected chi connectivity index (χ1v) is 15.9. The summed E-state index contributed by atoms with van der Waals surface area (Å²) in [5, 5.41) is 21.1. The van der Waals surface area contributed by atoms with Crippen LogP contribution in [0.1, 0.15) is 36.6 Å². The maximum Gasteiger partial charge on any atom is 0.269 e. The zero-order valence-corrected chi connectivity index (χ0v) is 27.0. The van der Waals surface area contributed by atoms with E-state index in [1.54, 1.807) is 24.7 Å². The molecule has 0 saturated carbocycles. The molecule has 1 amide bonds. The number of thiocarbonyl (C=S) groups is 1. The number of nitro groups is 1. The number of amides is 1. The number of benzene rings is 4. The van der Waals surface area contributed by atoms with Crippen molar-refractivity contribution in [1.82, 2.24) is 19.8 Å². The number of aromatic nitrogens is 2. The average Bonchev–Trinajstić information content (AvgIpc) is 3.48. The molecule has 0 aliphatic carbocycles. The third-order valence-corrected chi connectivity index (χ3v) is 8.32. The predicted octanol–water partition coefficient (Wildman–Crippen LogP) is 7.37. The van der Waals surface area contributed by atoms with Gasteiger partial charge in [0.1, 0.15) is 0 Å². The SMILES string of the molecule is CCCC(CN(Cc1cccc2ccccc12)C(=S)Nc1ccc(Cl)cc1)NC(=O)Cc1cncn1Cc1ccc([N+](=O)[O-])cc1. The van der Waals surface area contributed by atoms with Gasteiger partial charge in [0, 0.05) is 60.4 Å². The first-order chi connectivity index (χ1) is 22.3. The molecule has 0 aliphatic rings. The van der Waals surface area contributed by atoms with Crippen molar-refractivity contribution in [2.75, 3.05) is 11.9 Å². The molecular weight excluding hydrogens is 620 g/mol. The third-order valence-electron chi connectivity index (χ3n) is 7.71. The number of nitrogens with zero attached hydrogens (tertiary/aromatic N) is 4. The van der Waals surface area contributed by atoms with Gasteiger partial charge in [-0.25, -0.2) is 4.98 Å². The number of anilines is 1. The van der Waals surface area contributed by atoms with Crippen molar-refractivity contribution >= 4 is 57.0 Å². The molecule has 0 fully saturated rings. The minimum absolute atomic E-state index is 0.0355. The molecule has 1 unspecified atom stereocenters. The van der Waals surface area contributed by atoms with Crippen molar-refractivity contribution in [3.63, 3.8) is 0 Å². The van der Waals surface area contributed by atoms with Gasteiger partial charge in [-0.2, -0.15) is 0 Å². The fourth-order valence-corrected chi connectivity index (χ4v) is 5.80. The normalized spacial score (nSPS) is 11.6. The summed E-state index contributed by atoms with van der Waals surface area (Å²) < 4.78 is 1.88. The van der Waals surface area contributed by atoms with E-state index in [0.717, 1.165) is 46.1 Å². The number of fused-ring (bicyclic) bond motifs is 1. The summed E-state index contributed by atoms with van der Waals surface area (Å²) in [5.74, 6) is -0.120. The molecule has 1 aromatic heterocycles. The van der Waals surface area contributed by atoms with E-state index in [0.29, 0.717) is 29.8 Å². The lowest BCUT2D eigenvalue weighted by Crippen LogP contribution is -2.47. The highest BCUT2D eigenvalue weighted by Crippen LogP contribution is 2.22. The maximum absolute atomic E-state index is 13.4. The zero-order chi connectivity index (χ0) is 32.5. The topological polar surface area (TPSA) is 105 Å². The standard InChI is InChI=1S/C35H35ClN6O3S/c1-2-6-30(38-34(43)19-32-20-37-24-41(32)21-25-11-17-31(18-12-25)42(44)45)23-40(35(46)39-29-15-13-28(36)14-16-29)22-27-9-5-8-26-7-3-4-10-33(26)27/h3-5,7-18,20,24,30H,2,6,19,21-23H2,1H3,(H,38,43)(H,39,46). The van der Waals surface area contributed by atoms with Gasteiger partial charge in [-0.15, -0.1) is 0 Å². The Labute approximate surface area is 278 Å². The van der Waals surface area contributed by atoms with Crippen molar-refractivity contribution < 1.29 is 9.72 Å². The second-order valence-corrected chi connectivity index (χ2v) is 11.9. The predicted molar refractivity (Wildman–Crippen MR) is 187 cm³/mol. The van der Waals surface area contributed by atoms with E-state index in [-0.39, 0.29) is 24.1 Å². The Kier molecular flexibility index (Phi) is 11.0. The largest absolute Gasteiger partial charge is 0.351 e. The lowest BCUT2D eigenvalue weighted by molar-refractivity contribution is -0.384. The number of imidazole rings is 1. The highest BCUT2D eigenvalue weighted by atomic mass is 35.5. The van der Waals surface area contributed by atoms with Crippen LogP contribution in [0.3, 0.4) is 0 Å². The summed E-state index contributed by atoms with van der Waals surface area (Å²) in [6.07, 6.45) is 5.13. The zero-order valence-electron chi connectivity index (χ0n) is 25.4. The molecular formula is C35H35ClN6O3S. The first-order valence-electron chi connectivity index (χ1n) is 15.1. The number of hydrogen-bond donors (Lipinski definition) is 2. The van der Waals surface area contributed by atoms with Gasteiger partial charge in [0.2, 0.25) is 5.91 Å². The van der Waals surface area contributed by atoms with Crippen LogP contribution in [-0.2, 0) is 24.3 Å². The van der Waals surface area contributed by atoms with Crippen molar-refractivity contribution in [1.29, 1.82) is 0 Å². The molecule has 5 aromatic rings. The van der Waals surface area contributed by atoms with Crippen LogP contribution in [-0.4, -0.2) is 43.0 Å². The van der Waals surface area contributed by atoms with Gasteiger partial charge >= 0.3 is 0 Å². The van der Waals surface area contributed by atoms with Crippen molar-refractivity contribution in [3.8, 4) is 0 Å². The van der Waals surface area contributed by atoms with Gasteiger partial charge in [-0.05, 0) is 64.8 Å². The second kappa shape index (κ2) is 15.5. The monoisotopic (exact) mass is 654 g/mol. The Hall–Kier alpha value is -4.80. The van der Waals surface area contributed by atoms with Crippen LogP contribution < -0.4 is 10.6 Å². The first kappa shape index (κ1) is 32.6. The summed E-state index contributed by atoms with van der Waals surface area (Å²) in [5.41, 5.74) is 3.62. The number of nitrogens with one attached hydrogen (secondary N) is 2. The molecule has 1 heterocycles. The van der Waals surface area contributed by atoms with E-state index in [2.05, 4.69) is 57.8 Å². The van der Waals surface area contributed by atoms with Crippen LogP contribution in [0.5, 0.6) is 0 Å². The molecule has 2 N–H and O–H groups in total. The van der Waals surface area contributed by atoms with Crippen molar-refractivity contribution in [3.05, 3.63) is 135 Å². The second-order valence-electron chi connectivity index (χ2n) is 11.1. The molecule has 0 spiro atoms. The number of rotatable bonds is 13. The Bertz CT molecular complexity index is 1800. The molecule has 0 radical (unpaired) electrons. The number of carbonyl (C=O) groups is 1. The molecule has 0 saturated heterocycles. The molecule has 4 aromatic carbocycles. The van der Waals surface area contributed by atoms with E-state index < -0.39 is 4.92 Å². The summed E-state index contributed by atoms with van der Waals surface area (Å²) in [7, 11) is 0. The maximum atomic E-state index is 13.4. The third kappa shape index (κ3) is 8.68. The van der Waals surface area contributed by atoms with Gasteiger partial charge in [0.25, 0.3) is 5.69 Å².